The van der Waals surface area contributed by atoms with E-state index < -0.39 is 0 Å². The molecule has 25 heavy (non-hydrogen) atoms. The highest BCUT2D eigenvalue weighted by Gasteiger charge is 2.21. The number of thiophene rings is 1. The van der Waals surface area contributed by atoms with Crippen molar-refractivity contribution in [1.29, 1.82) is 0 Å². The Morgan fingerprint density at radius 1 is 1.20 bits per heavy atom. The first-order chi connectivity index (χ1) is 12.2. The molecule has 1 N–H and O–H groups in total. The first-order valence-corrected chi connectivity index (χ1v) is 11.0. The van der Waals surface area contributed by atoms with Crippen molar-refractivity contribution in [3.05, 3.63) is 39.8 Å². The quantitative estimate of drug-likeness (QED) is 0.458. The lowest BCUT2D eigenvalue weighted by Gasteiger charge is -2.16. The van der Waals surface area contributed by atoms with Gasteiger partial charge < -0.3 is 5.32 Å². The molecule has 1 aliphatic rings. The molecule has 3 nitrogen and oxygen atoms in total. The number of hydrogen-bond donors (Lipinski definition) is 1. The van der Waals surface area contributed by atoms with Gasteiger partial charge in [0.25, 0.3) is 0 Å². The summed E-state index contributed by atoms with van der Waals surface area (Å²) in [6.45, 7) is 4.37. The van der Waals surface area contributed by atoms with Gasteiger partial charge in [-0.3, -0.25) is 0 Å². The molecule has 3 aromatic rings. The standard InChI is InChI=1S/C20H23N3S2/c1-4-13-9-7-8-12(2)17(13)21-18-16-14-10-5-6-11-15(14)25-19(16)23-20(22-18)24-3/h7-9H,4-6,10-11H2,1-3H3,(H,21,22,23). The van der Waals surface area contributed by atoms with Crippen LogP contribution in [0.25, 0.3) is 10.2 Å². The molecule has 0 fully saturated rings. The third-order valence-corrected chi connectivity index (χ3v) is 6.69. The monoisotopic (exact) mass is 369 g/mol. The molecule has 130 valence electrons. The van der Waals surface area contributed by atoms with Gasteiger partial charge >= 0.3 is 0 Å². The predicted octanol–water partition coefficient (Wildman–Crippen LogP) is 5.91. The number of hydrogen-bond acceptors (Lipinski definition) is 5. The topological polar surface area (TPSA) is 37.8 Å². The summed E-state index contributed by atoms with van der Waals surface area (Å²) >= 11 is 3.48. The summed E-state index contributed by atoms with van der Waals surface area (Å²) in [5.74, 6) is 0.984. The second-order valence-corrected chi connectivity index (χ2v) is 8.39. The molecule has 0 atom stereocenters. The summed E-state index contributed by atoms with van der Waals surface area (Å²) in [6.07, 6.45) is 7.96. The van der Waals surface area contributed by atoms with Crippen LogP contribution < -0.4 is 5.32 Å². The maximum absolute atomic E-state index is 4.86. The third-order valence-electron chi connectivity index (χ3n) is 4.96. The van der Waals surface area contributed by atoms with Crippen molar-refractivity contribution < 1.29 is 0 Å². The number of nitrogens with one attached hydrogen (secondary N) is 1. The van der Waals surface area contributed by atoms with Gasteiger partial charge in [-0.2, -0.15) is 0 Å². The average Bonchev–Trinajstić information content (AvgIpc) is 3.01. The smallest absolute Gasteiger partial charge is 0.190 e. The van der Waals surface area contributed by atoms with Crippen LogP contribution in [-0.4, -0.2) is 16.2 Å². The fourth-order valence-corrected chi connectivity index (χ4v) is 5.32. The summed E-state index contributed by atoms with van der Waals surface area (Å²) in [5.41, 5.74) is 5.28. The Balaban J connectivity index is 1.90. The summed E-state index contributed by atoms with van der Waals surface area (Å²) in [5, 5.41) is 5.79. The summed E-state index contributed by atoms with van der Waals surface area (Å²) in [7, 11) is 0. The minimum absolute atomic E-state index is 0.847. The van der Waals surface area contributed by atoms with E-state index in [-0.39, 0.29) is 0 Å². The van der Waals surface area contributed by atoms with E-state index in [0.29, 0.717) is 0 Å². The van der Waals surface area contributed by atoms with Gasteiger partial charge in [0.1, 0.15) is 10.6 Å². The second kappa shape index (κ2) is 6.96. The summed E-state index contributed by atoms with van der Waals surface area (Å²) in [6, 6.07) is 6.50. The average molecular weight is 370 g/mol. The molecule has 1 aromatic carbocycles. The molecule has 0 aliphatic heterocycles. The van der Waals surface area contributed by atoms with Crippen molar-refractivity contribution in [3.8, 4) is 0 Å². The minimum atomic E-state index is 0.847. The van der Waals surface area contributed by atoms with Gasteiger partial charge in [-0.25, -0.2) is 9.97 Å². The maximum atomic E-state index is 4.86. The minimum Gasteiger partial charge on any atom is -0.339 e. The fraction of sp³-hybridized carbons (Fsp3) is 0.400. The first kappa shape index (κ1) is 16.9. The van der Waals surface area contributed by atoms with Crippen molar-refractivity contribution in [3.63, 3.8) is 0 Å². The molecule has 0 spiro atoms. The first-order valence-electron chi connectivity index (χ1n) is 8.93. The van der Waals surface area contributed by atoms with Gasteiger partial charge in [0, 0.05) is 10.6 Å². The second-order valence-electron chi connectivity index (χ2n) is 6.54. The number of anilines is 2. The predicted molar refractivity (Wildman–Crippen MR) is 110 cm³/mol. The van der Waals surface area contributed by atoms with Crippen molar-refractivity contribution in [2.24, 2.45) is 0 Å². The number of aryl methyl sites for hydroxylation is 4. The zero-order chi connectivity index (χ0) is 17.4. The molecule has 0 saturated heterocycles. The zero-order valence-electron chi connectivity index (χ0n) is 15.0. The molecule has 1 aliphatic carbocycles. The van der Waals surface area contributed by atoms with E-state index in [1.54, 1.807) is 11.8 Å². The van der Waals surface area contributed by atoms with E-state index >= 15 is 0 Å². The van der Waals surface area contributed by atoms with Crippen molar-refractivity contribution in [2.45, 2.75) is 51.1 Å². The highest BCUT2D eigenvalue weighted by Crippen LogP contribution is 2.40. The zero-order valence-corrected chi connectivity index (χ0v) is 16.6. The van der Waals surface area contributed by atoms with Crippen LogP contribution in [-0.2, 0) is 19.3 Å². The lowest BCUT2D eigenvalue weighted by Crippen LogP contribution is -2.04. The van der Waals surface area contributed by atoms with Crippen LogP contribution in [0.2, 0.25) is 0 Å². The molecule has 4 rings (SSSR count). The van der Waals surface area contributed by atoms with E-state index in [1.807, 2.05) is 17.6 Å². The van der Waals surface area contributed by atoms with Crippen LogP contribution in [0.3, 0.4) is 0 Å². The highest BCUT2D eigenvalue weighted by molar-refractivity contribution is 7.98. The number of nitrogens with zero attached hydrogens (tertiary/aromatic N) is 2. The maximum Gasteiger partial charge on any atom is 0.190 e. The number of rotatable bonds is 4. The van der Waals surface area contributed by atoms with Crippen molar-refractivity contribution in [2.75, 3.05) is 11.6 Å². The van der Waals surface area contributed by atoms with E-state index in [0.717, 1.165) is 28.6 Å². The molecule has 5 heteroatoms. The molecule has 2 aromatic heterocycles. The molecular formula is C20H23N3S2. The Kier molecular flexibility index (Phi) is 4.69. The lowest BCUT2D eigenvalue weighted by atomic mass is 9.97. The third kappa shape index (κ3) is 3.04. The summed E-state index contributed by atoms with van der Waals surface area (Å²) < 4.78 is 0. The van der Waals surface area contributed by atoms with Crippen LogP contribution in [0, 0.1) is 6.92 Å². The van der Waals surface area contributed by atoms with Crippen LogP contribution in [0.5, 0.6) is 0 Å². The Morgan fingerprint density at radius 2 is 2.04 bits per heavy atom. The molecule has 0 bridgehead atoms. The van der Waals surface area contributed by atoms with E-state index in [2.05, 4.69) is 37.4 Å². The number of aromatic nitrogens is 2. The number of para-hydroxylation sites is 1. The molecule has 0 amide bonds. The van der Waals surface area contributed by atoms with E-state index in [9.17, 15) is 0 Å². The van der Waals surface area contributed by atoms with Crippen LogP contribution in [0.15, 0.2) is 23.4 Å². The highest BCUT2D eigenvalue weighted by atomic mass is 32.2. The Hall–Kier alpha value is -1.59. The molecular weight excluding hydrogens is 346 g/mol. The van der Waals surface area contributed by atoms with Gasteiger partial charge in [-0.1, -0.05) is 36.9 Å². The Bertz CT molecular complexity index is 930. The van der Waals surface area contributed by atoms with Crippen LogP contribution in [0.4, 0.5) is 11.5 Å². The van der Waals surface area contributed by atoms with E-state index in [1.165, 1.54) is 51.9 Å². The van der Waals surface area contributed by atoms with Gasteiger partial charge in [-0.05, 0) is 62.0 Å². The molecule has 0 radical (unpaired) electrons. The molecule has 2 heterocycles. The van der Waals surface area contributed by atoms with Gasteiger partial charge in [0.05, 0.1) is 5.39 Å². The van der Waals surface area contributed by atoms with Crippen molar-refractivity contribution in [1.82, 2.24) is 9.97 Å². The Morgan fingerprint density at radius 3 is 2.84 bits per heavy atom. The molecule has 0 saturated carbocycles. The van der Waals surface area contributed by atoms with Crippen LogP contribution >= 0.6 is 23.1 Å². The van der Waals surface area contributed by atoms with Gasteiger partial charge in [0.15, 0.2) is 5.16 Å². The largest absolute Gasteiger partial charge is 0.339 e. The number of benzene rings is 1. The fourth-order valence-electron chi connectivity index (χ4n) is 3.64. The normalized spacial score (nSPS) is 13.9. The SMILES string of the molecule is CCc1cccc(C)c1Nc1nc(SC)nc2sc3c(c12)CCCC3. The Labute approximate surface area is 157 Å². The van der Waals surface area contributed by atoms with E-state index in [4.69, 9.17) is 9.97 Å². The summed E-state index contributed by atoms with van der Waals surface area (Å²) in [4.78, 5) is 12.3. The lowest BCUT2D eigenvalue weighted by molar-refractivity contribution is 0.700. The number of thioether (sulfide) groups is 1. The molecule has 0 unspecified atom stereocenters. The van der Waals surface area contributed by atoms with Gasteiger partial charge in [-0.15, -0.1) is 11.3 Å². The van der Waals surface area contributed by atoms with Crippen LogP contribution in [0.1, 0.15) is 41.3 Å². The van der Waals surface area contributed by atoms with Gasteiger partial charge in [0.2, 0.25) is 0 Å². The van der Waals surface area contributed by atoms with Crippen molar-refractivity contribution >= 4 is 44.8 Å². The number of fused-ring (bicyclic) bond motifs is 3.